The second-order valence-corrected chi connectivity index (χ2v) is 6.00. The highest BCUT2D eigenvalue weighted by Gasteiger charge is 2.24. The summed E-state index contributed by atoms with van der Waals surface area (Å²) in [5.41, 5.74) is 2.92. The summed E-state index contributed by atoms with van der Waals surface area (Å²) in [5, 5.41) is -0.0602. The number of rotatable bonds is 2. The van der Waals surface area contributed by atoms with Gasteiger partial charge in [0.2, 0.25) is 0 Å². The van der Waals surface area contributed by atoms with E-state index in [9.17, 15) is 4.79 Å². The van der Waals surface area contributed by atoms with Crippen LogP contribution in [0.25, 0.3) is 11.0 Å². The standard InChI is InChI=1S/C15H19ClN2O2/c1-17-12-6-5-10(8-13(12)18(2)15(17)19)14(16)11-4-3-7-20-9-11/h5-6,8,11,14H,3-4,7,9H2,1-2H3. The molecular weight excluding hydrogens is 276 g/mol. The normalized spacial score (nSPS) is 21.2. The number of hydrogen-bond acceptors (Lipinski definition) is 2. The van der Waals surface area contributed by atoms with Gasteiger partial charge in [0.1, 0.15) is 0 Å². The van der Waals surface area contributed by atoms with Gasteiger partial charge in [-0.1, -0.05) is 6.07 Å². The molecule has 0 bridgehead atoms. The molecule has 0 aliphatic carbocycles. The highest BCUT2D eigenvalue weighted by atomic mass is 35.5. The lowest BCUT2D eigenvalue weighted by molar-refractivity contribution is 0.0531. The van der Waals surface area contributed by atoms with Gasteiger partial charge in [0.15, 0.2) is 0 Å². The quantitative estimate of drug-likeness (QED) is 0.798. The van der Waals surface area contributed by atoms with Gasteiger partial charge in [-0.2, -0.15) is 0 Å². The number of ether oxygens (including phenoxy) is 1. The molecule has 1 saturated heterocycles. The molecule has 1 aliphatic rings. The molecule has 0 amide bonds. The fourth-order valence-electron chi connectivity index (χ4n) is 2.96. The van der Waals surface area contributed by atoms with E-state index in [-0.39, 0.29) is 11.1 Å². The van der Waals surface area contributed by atoms with Crippen LogP contribution in [0.1, 0.15) is 23.8 Å². The van der Waals surface area contributed by atoms with Crippen LogP contribution in [0.2, 0.25) is 0 Å². The van der Waals surface area contributed by atoms with Crippen LogP contribution in [-0.4, -0.2) is 22.3 Å². The Kier molecular flexibility index (Phi) is 3.61. The van der Waals surface area contributed by atoms with Crippen molar-refractivity contribution in [3.8, 4) is 0 Å². The van der Waals surface area contributed by atoms with Crippen LogP contribution >= 0.6 is 11.6 Å². The molecule has 5 heteroatoms. The third kappa shape index (κ3) is 2.17. The number of aryl methyl sites for hydroxylation is 2. The van der Waals surface area contributed by atoms with Crippen LogP contribution in [0.5, 0.6) is 0 Å². The molecule has 2 aromatic rings. The highest BCUT2D eigenvalue weighted by molar-refractivity contribution is 6.21. The molecule has 3 rings (SSSR count). The summed E-state index contributed by atoms with van der Waals surface area (Å²) in [6, 6.07) is 6.03. The Labute approximate surface area is 122 Å². The van der Waals surface area contributed by atoms with Crippen LogP contribution in [0, 0.1) is 5.92 Å². The maximum atomic E-state index is 11.9. The Hall–Kier alpha value is -1.26. The SMILES string of the molecule is Cn1c(=O)n(C)c2cc(C(Cl)C3CCCOC3)ccc21. The Morgan fingerprint density at radius 1 is 1.30 bits per heavy atom. The smallest absolute Gasteiger partial charge is 0.328 e. The second kappa shape index (κ2) is 5.26. The molecule has 1 fully saturated rings. The topological polar surface area (TPSA) is 36.2 Å². The van der Waals surface area contributed by atoms with Crippen molar-refractivity contribution in [3.05, 3.63) is 34.2 Å². The van der Waals surface area contributed by atoms with Crippen molar-refractivity contribution < 1.29 is 4.74 Å². The lowest BCUT2D eigenvalue weighted by Gasteiger charge is -2.26. The van der Waals surface area contributed by atoms with Crippen molar-refractivity contribution in [1.82, 2.24) is 9.13 Å². The minimum Gasteiger partial charge on any atom is -0.381 e. The van der Waals surface area contributed by atoms with E-state index in [0.717, 1.165) is 42.7 Å². The van der Waals surface area contributed by atoms with Crippen molar-refractivity contribution in [2.75, 3.05) is 13.2 Å². The molecule has 0 radical (unpaired) electrons. The summed E-state index contributed by atoms with van der Waals surface area (Å²) in [4.78, 5) is 11.9. The molecule has 2 atom stereocenters. The average molecular weight is 295 g/mol. The number of hydrogen-bond donors (Lipinski definition) is 0. The molecule has 0 saturated carbocycles. The molecular formula is C15H19ClN2O2. The van der Waals surface area contributed by atoms with Gasteiger partial charge in [-0.05, 0) is 30.5 Å². The number of benzene rings is 1. The molecule has 20 heavy (non-hydrogen) atoms. The zero-order valence-corrected chi connectivity index (χ0v) is 12.6. The molecule has 1 aromatic heterocycles. The summed E-state index contributed by atoms with van der Waals surface area (Å²) in [6.45, 7) is 1.56. The number of halogens is 1. The first-order chi connectivity index (χ1) is 9.59. The maximum Gasteiger partial charge on any atom is 0.328 e. The molecule has 0 spiro atoms. The largest absolute Gasteiger partial charge is 0.381 e. The van der Waals surface area contributed by atoms with Gasteiger partial charge in [-0.15, -0.1) is 11.6 Å². The van der Waals surface area contributed by atoms with Crippen molar-refractivity contribution in [2.45, 2.75) is 18.2 Å². The second-order valence-electron chi connectivity index (χ2n) is 5.53. The Balaban J connectivity index is 2.00. The van der Waals surface area contributed by atoms with Gasteiger partial charge in [0.05, 0.1) is 23.0 Å². The molecule has 1 aromatic carbocycles. The van der Waals surface area contributed by atoms with Gasteiger partial charge < -0.3 is 4.74 Å². The number of imidazole rings is 1. The minimum absolute atomic E-state index is 0.00993. The van der Waals surface area contributed by atoms with Crippen molar-refractivity contribution in [2.24, 2.45) is 20.0 Å². The molecule has 108 valence electrons. The van der Waals surface area contributed by atoms with Crippen LogP contribution in [0.4, 0.5) is 0 Å². The fraction of sp³-hybridized carbons (Fsp3) is 0.533. The number of aromatic nitrogens is 2. The van der Waals surface area contributed by atoms with Gasteiger partial charge in [-0.25, -0.2) is 4.79 Å². The van der Waals surface area contributed by atoms with Crippen LogP contribution in [0.15, 0.2) is 23.0 Å². The zero-order chi connectivity index (χ0) is 14.3. The number of alkyl halides is 1. The van der Waals surface area contributed by atoms with Crippen molar-refractivity contribution in [3.63, 3.8) is 0 Å². The number of fused-ring (bicyclic) bond motifs is 1. The monoisotopic (exact) mass is 294 g/mol. The third-order valence-corrected chi connectivity index (χ3v) is 4.83. The fourth-order valence-corrected chi connectivity index (χ4v) is 3.30. The van der Waals surface area contributed by atoms with E-state index in [1.54, 1.807) is 23.2 Å². The van der Waals surface area contributed by atoms with E-state index < -0.39 is 0 Å². The average Bonchev–Trinajstić information content (AvgIpc) is 2.72. The predicted octanol–water partition coefficient (Wildman–Crippen LogP) is 2.58. The molecule has 1 aliphatic heterocycles. The van der Waals surface area contributed by atoms with Crippen molar-refractivity contribution >= 4 is 22.6 Å². The summed E-state index contributed by atoms with van der Waals surface area (Å²) in [6.07, 6.45) is 2.17. The van der Waals surface area contributed by atoms with E-state index in [1.165, 1.54) is 0 Å². The summed E-state index contributed by atoms with van der Waals surface area (Å²) in [5.74, 6) is 0.351. The lowest BCUT2D eigenvalue weighted by Crippen LogP contribution is -2.21. The van der Waals surface area contributed by atoms with Gasteiger partial charge in [0, 0.05) is 26.6 Å². The summed E-state index contributed by atoms with van der Waals surface area (Å²) in [7, 11) is 3.58. The first-order valence-corrected chi connectivity index (χ1v) is 7.40. The van der Waals surface area contributed by atoms with E-state index in [2.05, 4.69) is 0 Å². The maximum absolute atomic E-state index is 11.9. The third-order valence-electron chi connectivity index (χ3n) is 4.22. The van der Waals surface area contributed by atoms with E-state index in [4.69, 9.17) is 16.3 Å². The van der Waals surface area contributed by atoms with E-state index in [0.29, 0.717) is 5.92 Å². The van der Waals surface area contributed by atoms with E-state index >= 15 is 0 Å². The predicted molar refractivity (Wildman–Crippen MR) is 80.3 cm³/mol. The highest BCUT2D eigenvalue weighted by Crippen LogP contribution is 2.35. The Morgan fingerprint density at radius 3 is 2.75 bits per heavy atom. The number of nitrogens with zero attached hydrogens (tertiary/aromatic N) is 2. The van der Waals surface area contributed by atoms with E-state index in [1.807, 2.05) is 18.2 Å². The first kappa shape index (κ1) is 13.7. The lowest BCUT2D eigenvalue weighted by atomic mass is 9.93. The Morgan fingerprint density at radius 2 is 2.05 bits per heavy atom. The summed E-state index contributed by atoms with van der Waals surface area (Å²) < 4.78 is 8.84. The van der Waals surface area contributed by atoms with Gasteiger partial charge in [0.25, 0.3) is 0 Å². The van der Waals surface area contributed by atoms with Crippen LogP contribution < -0.4 is 5.69 Å². The van der Waals surface area contributed by atoms with Gasteiger partial charge >= 0.3 is 5.69 Å². The molecule has 0 N–H and O–H groups in total. The van der Waals surface area contributed by atoms with Gasteiger partial charge in [-0.3, -0.25) is 9.13 Å². The van der Waals surface area contributed by atoms with Crippen LogP contribution in [0.3, 0.4) is 0 Å². The molecule has 2 heterocycles. The summed E-state index contributed by atoms with van der Waals surface area (Å²) >= 11 is 6.61. The zero-order valence-electron chi connectivity index (χ0n) is 11.8. The molecule has 2 unspecified atom stereocenters. The van der Waals surface area contributed by atoms with Crippen LogP contribution in [-0.2, 0) is 18.8 Å². The van der Waals surface area contributed by atoms with Crippen molar-refractivity contribution in [1.29, 1.82) is 0 Å². The molecule has 4 nitrogen and oxygen atoms in total. The first-order valence-electron chi connectivity index (χ1n) is 6.97. The Bertz CT molecular complexity index is 683. The minimum atomic E-state index is -0.0602.